The lowest BCUT2D eigenvalue weighted by Gasteiger charge is -2.29. The van der Waals surface area contributed by atoms with Crippen LogP contribution in [0.5, 0.6) is 0 Å². The number of carboxylic acid groups (broad SMARTS) is 1. The molecule has 0 spiro atoms. The molecule has 3 heterocycles. The Hall–Kier alpha value is -3.51. The predicted octanol–water partition coefficient (Wildman–Crippen LogP) is 4.65. The van der Waals surface area contributed by atoms with Crippen LogP contribution < -0.4 is 5.56 Å². The van der Waals surface area contributed by atoms with Gasteiger partial charge in [-0.15, -0.1) is 11.3 Å². The van der Waals surface area contributed by atoms with E-state index in [1.807, 2.05) is 39.2 Å². The fourth-order valence-electron chi connectivity index (χ4n) is 4.80. The van der Waals surface area contributed by atoms with Crippen molar-refractivity contribution < 1.29 is 9.90 Å². The maximum Gasteiger partial charge on any atom is 0.338 e. The minimum absolute atomic E-state index is 0.0182. The quantitative estimate of drug-likeness (QED) is 0.385. The molecule has 37 heavy (non-hydrogen) atoms. The summed E-state index contributed by atoms with van der Waals surface area (Å²) in [4.78, 5) is 36.1. The van der Waals surface area contributed by atoms with Gasteiger partial charge in [0, 0.05) is 44.9 Å². The third kappa shape index (κ3) is 4.78. The molecule has 0 aliphatic heterocycles. The zero-order valence-electron chi connectivity index (χ0n) is 20.7. The molecule has 188 valence electrons. The van der Waals surface area contributed by atoms with Gasteiger partial charge in [0.15, 0.2) is 0 Å². The van der Waals surface area contributed by atoms with Crippen LogP contribution in [-0.4, -0.2) is 50.6 Å². The number of carbonyl (C=O) groups is 1. The highest BCUT2D eigenvalue weighted by molar-refractivity contribution is 7.18. The van der Waals surface area contributed by atoms with Crippen LogP contribution in [0, 0.1) is 18.8 Å². The summed E-state index contributed by atoms with van der Waals surface area (Å²) >= 11 is 7.66. The van der Waals surface area contributed by atoms with Crippen molar-refractivity contribution in [1.82, 2.24) is 19.4 Å². The first-order valence-corrected chi connectivity index (χ1v) is 13.1. The van der Waals surface area contributed by atoms with E-state index in [9.17, 15) is 14.7 Å². The molecule has 9 heteroatoms. The molecule has 1 aliphatic carbocycles. The van der Waals surface area contributed by atoms with Gasteiger partial charge in [-0.2, -0.15) is 0 Å². The van der Waals surface area contributed by atoms with Crippen molar-refractivity contribution in [2.75, 3.05) is 14.1 Å². The van der Waals surface area contributed by atoms with Crippen LogP contribution in [0.1, 0.15) is 39.4 Å². The highest BCUT2D eigenvalue weighted by atomic mass is 35.5. The van der Waals surface area contributed by atoms with Gasteiger partial charge in [0.05, 0.1) is 28.0 Å². The number of aromatic nitrogens is 3. The topological polar surface area (TPSA) is 88.3 Å². The number of carboxylic acids is 1. The van der Waals surface area contributed by atoms with Crippen molar-refractivity contribution in [3.05, 3.63) is 79.4 Å². The molecule has 0 unspecified atom stereocenters. The SMILES string of the molecule is Cc1nc2c(c(=O)n1CC#Cc1ccc(Cl)cc1-c1ccnc3c(C(=O)O)csc13)C[C@@H](N(C)C)CC2. The van der Waals surface area contributed by atoms with E-state index >= 15 is 0 Å². The highest BCUT2D eigenvalue weighted by Crippen LogP contribution is 2.36. The Morgan fingerprint density at radius 2 is 2.11 bits per heavy atom. The van der Waals surface area contributed by atoms with Crippen molar-refractivity contribution in [1.29, 1.82) is 0 Å². The second-order valence-electron chi connectivity index (χ2n) is 9.32. The summed E-state index contributed by atoms with van der Waals surface area (Å²) in [5, 5.41) is 11.6. The predicted molar refractivity (Wildman–Crippen MR) is 147 cm³/mol. The minimum atomic E-state index is -1.02. The number of nitrogens with zero attached hydrogens (tertiary/aromatic N) is 4. The van der Waals surface area contributed by atoms with E-state index in [0.29, 0.717) is 28.8 Å². The Bertz CT molecular complexity index is 1660. The average molecular weight is 533 g/mol. The lowest BCUT2D eigenvalue weighted by Crippen LogP contribution is -2.39. The highest BCUT2D eigenvalue weighted by Gasteiger charge is 2.25. The first-order chi connectivity index (χ1) is 17.7. The van der Waals surface area contributed by atoms with Crippen LogP contribution in [-0.2, 0) is 19.4 Å². The van der Waals surface area contributed by atoms with E-state index in [1.165, 1.54) is 11.3 Å². The normalized spacial score (nSPS) is 14.9. The summed E-state index contributed by atoms with van der Waals surface area (Å²) in [7, 11) is 4.08. The Morgan fingerprint density at radius 1 is 1.30 bits per heavy atom. The van der Waals surface area contributed by atoms with E-state index < -0.39 is 5.97 Å². The van der Waals surface area contributed by atoms with Crippen LogP contribution in [0.15, 0.2) is 40.6 Å². The lowest BCUT2D eigenvalue weighted by atomic mass is 9.92. The van der Waals surface area contributed by atoms with Gasteiger partial charge in [-0.3, -0.25) is 14.3 Å². The number of likely N-dealkylation sites (N-methyl/N-ethyl adjacent to an activating group) is 1. The maximum atomic E-state index is 13.3. The number of hydrogen-bond donors (Lipinski definition) is 1. The number of halogens is 1. The third-order valence-corrected chi connectivity index (χ3v) is 8.08. The summed E-state index contributed by atoms with van der Waals surface area (Å²) in [5.74, 6) is 6.01. The molecule has 0 amide bonds. The molecule has 7 nitrogen and oxygen atoms in total. The number of hydrogen-bond acceptors (Lipinski definition) is 6. The van der Waals surface area contributed by atoms with Crippen molar-refractivity contribution in [2.24, 2.45) is 0 Å². The Labute approximate surface area is 223 Å². The van der Waals surface area contributed by atoms with E-state index in [1.54, 1.807) is 22.2 Å². The summed E-state index contributed by atoms with van der Waals surface area (Å²) in [5.41, 5.74) is 4.61. The molecule has 0 fully saturated rings. The smallest absolute Gasteiger partial charge is 0.338 e. The molecule has 0 saturated carbocycles. The van der Waals surface area contributed by atoms with Gasteiger partial charge in [-0.25, -0.2) is 9.78 Å². The third-order valence-electron chi connectivity index (χ3n) is 6.84. The zero-order chi connectivity index (χ0) is 26.3. The summed E-state index contributed by atoms with van der Waals surface area (Å²) in [6, 6.07) is 7.59. The van der Waals surface area contributed by atoms with Gasteiger partial charge < -0.3 is 10.0 Å². The van der Waals surface area contributed by atoms with E-state index in [-0.39, 0.29) is 17.7 Å². The second kappa shape index (κ2) is 10.1. The number of pyridine rings is 1. The van der Waals surface area contributed by atoms with Crippen LogP contribution in [0.25, 0.3) is 21.3 Å². The number of rotatable bonds is 4. The van der Waals surface area contributed by atoms with Gasteiger partial charge in [0.25, 0.3) is 5.56 Å². The minimum Gasteiger partial charge on any atom is -0.478 e. The summed E-state index contributed by atoms with van der Waals surface area (Å²) < 4.78 is 2.40. The average Bonchev–Trinajstić information content (AvgIpc) is 3.31. The van der Waals surface area contributed by atoms with E-state index in [0.717, 1.165) is 45.5 Å². The first-order valence-electron chi connectivity index (χ1n) is 11.9. The molecule has 1 aromatic carbocycles. The van der Waals surface area contributed by atoms with Crippen molar-refractivity contribution in [2.45, 2.75) is 38.8 Å². The van der Waals surface area contributed by atoms with Crippen LogP contribution in [0.4, 0.5) is 0 Å². The van der Waals surface area contributed by atoms with Crippen LogP contribution >= 0.6 is 22.9 Å². The maximum absolute atomic E-state index is 13.3. The number of aryl methyl sites for hydroxylation is 2. The lowest BCUT2D eigenvalue weighted by molar-refractivity contribution is 0.0699. The van der Waals surface area contributed by atoms with Gasteiger partial charge in [0.2, 0.25) is 0 Å². The first kappa shape index (κ1) is 25.2. The van der Waals surface area contributed by atoms with Crippen LogP contribution in [0.3, 0.4) is 0 Å². The van der Waals surface area contributed by atoms with Gasteiger partial charge in [-0.05, 0) is 64.5 Å². The fraction of sp³-hybridized carbons (Fsp3) is 0.286. The van der Waals surface area contributed by atoms with E-state index in [4.69, 9.17) is 16.6 Å². The van der Waals surface area contributed by atoms with Gasteiger partial charge in [-0.1, -0.05) is 23.4 Å². The largest absolute Gasteiger partial charge is 0.478 e. The molecule has 0 bridgehead atoms. The van der Waals surface area contributed by atoms with Gasteiger partial charge >= 0.3 is 5.97 Å². The molecule has 1 N–H and O–H groups in total. The standard InChI is InChI=1S/C28H25ClN4O3S/c1-16-31-24-9-8-19(32(2)3)14-22(24)27(34)33(16)12-4-5-17-6-7-18(29)13-21(17)20-10-11-30-25-23(28(35)36)15-37-26(20)25/h6-7,10-11,13,15,19H,8-9,12,14H2,1-3H3,(H,35,36)/t19-/m0/s1. The number of aromatic carboxylic acids is 1. The molecular weight excluding hydrogens is 508 g/mol. The van der Waals surface area contributed by atoms with Crippen molar-refractivity contribution in [3.8, 4) is 23.0 Å². The Balaban J connectivity index is 1.52. The molecule has 1 aliphatic rings. The molecule has 1 atom stereocenters. The summed E-state index contributed by atoms with van der Waals surface area (Å²) in [6.07, 6.45) is 4.09. The van der Waals surface area contributed by atoms with Crippen molar-refractivity contribution in [3.63, 3.8) is 0 Å². The monoisotopic (exact) mass is 532 g/mol. The van der Waals surface area contributed by atoms with E-state index in [2.05, 4.69) is 21.7 Å². The Morgan fingerprint density at radius 3 is 2.86 bits per heavy atom. The molecule has 0 saturated heterocycles. The second-order valence-corrected chi connectivity index (χ2v) is 10.6. The molecular formula is C28H25ClN4O3S. The summed E-state index contributed by atoms with van der Waals surface area (Å²) in [6.45, 7) is 2.06. The number of thiophene rings is 1. The zero-order valence-corrected chi connectivity index (χ0v) is 22.3. The molecule has 0 radical (unpaired) electrons. The fourth-order valence-corrected chi connectivity index (χ4v) is 5.99. The molecule has 3 aromatic heterocycles. The van der Waals surface area contributed by atoms with Gasteiger partial charge in [0.1, 0.15) is 5.82 Å². The Kier molecular flexibility index (Phi) is 6.86. The van der Waals surface area contributed by atoms with Crippen LogP contribution in [0.2, 0.25) is 5.02 Å². The molecule has 5 rings (SSSR count). The number of fused-ring (bicyclic) bond motifs is 2. The molecule has 4 aromatic rings. The number of benzene rings is 1. The van der Waals surface area contributed by atoms with Crippen molar-refractivity contribution >= 4 is 39.1 Å².